The number of hydrogen-bond acceptors (Lipinski definition) is 5. The maximum atomic E-state index is 12.8. The van der Waals surface area contributed by atoms with Crippen LogP contribution in [0, 0.1) is 0 Å². The Labute approximate surface area is 182 Å². The Hall–Kier alpha value is -2.94. The molecule has 1 amide bonds. The first kappa shape index (κ1) is 20.3. The number of benzene rings is 3. The molecule has 1 aliphatic heterocycles. The van der Waals surface area contributed by atoms with Crippen molar-refractivity contribution in [3.05, 3.63) is 76.3 Å². The number of ether oxygens (including phenoxy) is 2. The summed E-state index contributed by atoms with van der Waals surface area (Å²) in [6.45, 7) is 0.114. The molecule has 0 spiro atoms. The summed E-state index contributed by atoms with van der Waals surface area (Å²) in [6.07, 6.45) is 0. The van der Waals surface area contributed by atoms with Gasteiger partial charge in [-0.25, -0.2) is 8.42 Å². The van der Waals surface area contributed by atoms with Gasteiger partial charge in [0, 0.05) is 11.8 Å². The number of para-hydroxylation sites is 1. The number of sulfonamides is 1. The van der Waals surface area contributed by atoms with E-state index in [1.54, 1.807) is 30.3 Å². The maximum Gasteiger partial charge on any atom is 0.263 e. The van der Waals surface area contributed by atoms with Crippen LogP contribution in [-0.2, 0) is 10.0 Å². The molecule has 7 nitrogen and oxygen atoms in total. The minimum Gasteiger partial charge on any atom is -0.454 e. The molecule has 0 fully saturated rings. The Morgan fingerprint density at radius 2 is 1.70 bits per heavy atom. The van der Waals surface area contributed by atoms with Crippen molar-refractivity contribution in [2.24, 2.45) is 0 Å². The summed E-state index contributed by atoms with van der Waals surface area (Å²) >= 11 is 12.0. The smallest absolute Gasteiger partial charge is 0.263 e. The lowest BCUT2D eigenvalue weighted by Crippen LogP contribution is -2.19. The fourth-order valence-electron chi connectivity index (χ4n) is 2.83. The fourth-order valence-corrected chi connectivity index (χ4v) is 4.68. The van der Waals surface area contributed by atoms with Crippen LogP contribution in [0.25, 0.3) is 0 Å². The number of hydrogen-bond donors (Lipinski definition) is 2. The first-order valence-corrected chi connectivity index (χ1v) is 10.9. The molecular formula is C20H14Cl2N2O5S. The van der Waals surface area contributed by atoms with Gasteiger partial charge in [0.05, 0.1) is 21.3 Å². The van der Waals surface area contributed by atoms with E-state index in [2.05, 4.69) is 10.0 Å². The van der Waals surface area contributed by atoms with E-state index in [0.29, 0.717) is 17.2 Å². The minimum absolute atomic E-state index is 0.0896. The predicted molar refractivity (Wildman–Crippen MR) is 114 cm³/mol. The van der Waals surface area contributed by atoms with E-state index in [1.165, 1.54) is 30.3 Å². The Kier molecular flexibility index (Phi) is 5.46. The second-order valence-corrected chi connectivity index (χ2v) is 8.66. The van der Waals surface area contributed by atoms with E-state index < -0.39 is 15.9 Å². The van der Waals surface area contributed by atoms with Gasteiger partial charge in [0.15, 0.2) is 11.5 Å². The monoisotopic (exact) mass is 464 g/mol. The van der Waals surface area contributed by atoms with E-state index in [0.717, 1.165) is 0 Å². The normalized spacial score (nSPS) is 12.5. The number of carbonyl (C=O) groups excluding carboxylic acids is 1. The van der Waals surface area contributed by atoms with Gasteiger partial charge in [0.1, 0.15) is 4.90 Å². The lowest BCUT2D eigenvalue weighted by molar-refractivity contribution is 0.102. The lowest BCUT2D eigenvalue weighted by atomic mass is 10.1. The molecule has 30 heavy (non-hydrogen) atoms. The molecule has 0 aliphatic carbocycles. The largest absolute Gasteiger partial charge is 0.454 e. The topological polar surface area (TPSA) is 93.7 Å². The van der Waals surface area contributed by atoms with Crippen LogP contribution in [0.5, 0.6) is 11.5 Å². The van der Waals surface area contributed by atoms with Gasteiger partial charge in [0.2, 0.25) is 6.79 Å². The van der Waals surface area contributed by atoms with Crippen molar-refractivity contribution < 1.29 is 22.7 Å². The van der Waals surface area contributed by atoms with Gasteiger partial charge in [-0.15, -0.1) is 0 Å². The molecule has 1 heterocycles. The molecule has 0 saturated carbocycles. The van der Waals surface area contributed by atoms with Crippen LogP contribution in [0.15, 0.2) is 65.6 Å². The molecular weight excluding hydrogens is 451 g/mol. The number of halogens is 2. The van der Waals surface area contributed by atoms with Crippen molar-refractivity contribution in [1.29, 1.82) is 0 Å². The third-order valence-electron chi connectivity index (χ3n) is 4.25. The molecule has 0 radical (unpaired) electrons. The molecule has 10 heteroatoms. The average molecular weight is 465 g/mol. The van der Waals surface area contributed by atoms with Crippen LogP contribution >= 0.6 is 23.2 Å². The molecule has 3 aromatic carbocycles. The average Bonchev–Trinajstić information content (AvgIpc) is 3.18. The van der Waals surface area contributed by atoms with Gasteiger partial charge in [-0.1, -0.05) is 41.4 Å². The molecule has 0 saturated heterocycles. The Balaban J connectivity index is 1.61. The third-order valence-corrected chi connectivity index (χ3v) is 6.59. The minimum atomic E-state index is -4.09. The van der Waals surface area contributed by atoms with Crippen LogP contribution in [0.2, 0.25) is 10.0 Å². The predicted octanol–water partition coefficient (Wildman–Crippen LogP) is 4.78. The van der Waals surface area contributed by atoms with Crippen LogP contribution in [0.4, 0.5) is 11.4 Å². The Bertz CT molecular complexity index is 1250. The van der Waals surface area contributed by atoms with Gasteiger partial charge in [0.25, 0.3) is 15.9 Å². The summed E-state index contributed by atoms with van der Waals surface area (Å²) in [5, 5.41) is 2.72. The molecule has 4 rings (SSSR count). The fraction of sp³-hybridized carbons (Fsp3) is 0.0500. The molecule has 2 N–H and O–H groups in total. The number of nitrogens with one attached hydrogen (secondary N) is 2. The highest BCUT2D eigenvalue weighted by atomic mass is 35.5. The summed E-state index contributed by atoms with van der Waals surface area (Å²) in [5.74, 6) is 0.585. The maximum absolute atomic E-state index is 12.8. The van der Waals surface area contributed by atoms with Gasteiger partial charge in [-0.3, -0.25) is 9.52 Å². The summed E-state index contributed by atoms with van der Waals surface area (Å²) in [7, 11) is -4.09. The first-order valence-electron chi connectivity index (χ1n) is 8.62. The zero-order chi connectivity index (χ0) is 21.3. The molecule has 0 unspecified atom stereocenters. The Morgan fingerprint density at radius 3 is 2.53 bits per heavy atom. The molecule has 0 atom stereocenters. The van der Waals surface area contributed by atoms with Crippen LogP contribution in [0.1, 0.15) is 10.4 Å². The lowest BCUT2D eigenvalue weighted by Gasteiger charge is -2.14. The van der Waals surface area contributed by atoms with Crippen molar-refractivity contribution >= 4 is 50.5 Å². The second-order valence-electron chi connectivity index (χ2n) is 6.23. The molecule has 0 bridgehead atoms. The van der Waals surface area contributed by atoms with Gasteiger partial charge >= 0.3 is 0 Å². The third kappa shape index (κ3) is 4.02. The van der Waals surface area contributed by atoms with Gasteiger partial charge in [-0.2, -0.15) is 0 Å². The van der Waals surface area contributed by atoms with Crippen molar-refractivity contribution in [1.82, 2.24) is 0 Å². The Morgan fingerprint density at radius 1 is 0.933 bits per heavy atom. The van der Waals surface area contributed by atoms with E-state index in [-0.39, 0.29) is 33.0 Å². The summed E-state index contributed by atoms with van der Waals surface area (Å²) < 4.78 is 38.6. The quantitative estimate of drug-likeness (QED) is 0.566. The highest BCUT2D eigenvalue weighted by molar-refractivity contribution is 7.92. The van der Waals surface area contributed by atoms with Crippen molar-refractivity contribution in [2.45, 2.75) is 4.90 Å². The number of anilines is 2. The molecule has 3 aromatic rings. The van der Waals surface area contributed by atoms with E-state index in [4.69, 9.17) is 32.7 Å². The standard InChI is InChI=1S/C20H14Cl2N2O5S/c21-14-5-3-7-18(19(14)22)30(26,27)24-15-6-2-1-4-13(15)20(25)23-12-8-9-16-17(10-12)29-11-28-16/h1-10,24H,11H2,(H,23,25). The molecule has 1 aliphatic rings. The second kappa shape index (κ2) is 8.06. The number of amides is 1. The highest BCUT2D eigenvalue weighted by Gasteiger charge is 2.22. The van der Waals surface area contributed by atoms with Crippen molar-refractivity contribution in [3.63, 3.8) is 0 Å². The molecule has 154 valence electrons. The van der Waals surface area contributed by atoms with E-state index in [9.17, 15) is 13.2 Å². The van der Waals surface area contributed by atoms with Crippen molar-refractivity contribution in [2.75, 3.05) is 16.8 Å². The van der Waals surface area contributed by atoms with Crippen molar-refractivity contribution in [3.8, 4) is 11.5 Å². The number of fused-ring (bicyclic) bond motifs is 1. The number of rotatable bonds is 5. The van der Waals surface area contributed by atoms with E-state index in [1.807, 2.05) is 0 Å². The van der Waals surface area contributed by atoms with Crippen LogP contribution < -0.4 is 19.5 Å². The summed E-state index contributed by atoms with van der Waals surface area (Å²) in [4.78, 5) is 12.6. The first-order chi connectivity index (χ1) is 14.3. The SMILES string of the molecule is O=C(Nc1ccc2c(c1)OCO2)c1ccccc1NS(=O)(=O)c1cccc(Cl)c1Cl. The van der Waals surface area contributed by atoms with Gasteiger partial charge < -0.3 is 14.8 Å². The van der Waals surface area contributed by atoms with Crippen LogP contribution in [0.3, 0.4) is 0 Å². The van der Waals surface area contributed by atoms with Gasteiger partial charge in [-0.05, 0) is 36.4 Å². The number of carbonyl (C=O) groups is 1. The zero-order valence-electron chi connectivity index (χ0n) is 15.2. The molecule has 0 aromatic heterocycles. The summed E-state index contributed by atoms with van der Waals surface area (Å²) in [5.41, 5.74) is 0.684. The van der Waals surface area contributed by atoms with E-state index >= 15 is 0 Å². The van der Waals surface area contributed by atoms with Crippen LogP contribution in [-0.4, -0.2) is 21.1 Å². The zero-order valence-corrected chi connectivity index (χ0v) is 17.5. The highest BCUT2D eigenvalue weighted by Crippen LogP contribution is 2.35. The summed E-state index contributed by atoms with van der Waals surface area (Å²) in [6, 6.07) is 15.4.